The molecule has 0 atom stereocenters. The molecule has 1 fully saturated rings. The highest BCUT2D eigenvalue weighted by atomic mass is 16.5. The van der Waals surface area contributed by atoms with E-state index in [0.29, 0.717) is 0 Å². The van der Waals surface area contributed by atoms with Crippen LogP contribution in [0.25, 0.3) is 0 Å². The van der Waals surface area contributed by atoms with Gasteiger partial charge in [-0.25, -0.2) is 4.79 Å². The number of rotatable bonds is 4. The Bertz CT molecular complexity index is 379. The number of carbonyl (C=O) groups excluding carboxylic acids is 1. The molecule has 0 saturated carbocycles. The largest absolute Gasteiger partial charge is 0.497 e. The van der Waals surface area contributed by atoms with Crippen molar-refractivity contribution >= 4 is 6.03 Å². The molecule has 1 saturated heterocycles. The van der Waals surface area contributed by atoms with Gasteiger partial charge in [0.05, 0.1) is 7.11 Å². The van der Waals surface area contributed by atoms with E-state index in [9.17, 15) is 4.79 Å². The monoisotopic (exact) mass is 220 g/mol. The number of hydrogen-bond acceptors (Lipinski definition) is 2. The van der Waals surface area contributed by atoms with Gasteiger partial charge in [-0.1, -0.05) is 12.1 Å². The number of amides is 2. The van der Waals surface area contributed by atoms with E-state index < -0.39 is 0 Å². The lowest BCUT2D eigenvalue weighted by Gasteiger charge is -2.13. The maximum absolute atomic E-state index is 11.3. The van der Waals surface area contributed by atoms with Crippen molar-refractivity contribution in [2.24, 2.45) is 0 Å². The second-order valence-corrected chi connectivity index (χ2v) is 3.82. The van der Waals surface area contributed by atoms with E-state index in [1.807, 2.05) is 23.1 Å². The van der Waals surface area contributed by atoms with Gasteiger partial charge in [0.1, 0.15) is 5.75 Å². The SMILES string of the molecule is COc1cccc(CCN2CCNC2=O)c1. The molecular weight excluding hydrogens is 204 g/mol. The van der Waals surface area contributed by atoms with Crippen molar-refractivity contribution in [2.75, 3.05) is 26.7 Å². The van der Waals surface area contributed by atoms with Crippen LogP contribution in [-0.2, 0) is 6.42 Å². The third-order valence-corrected chi connectivity index (χ3v) is 2.75. The minimum atomic E-state index is 0.0443. The number of benzene rings is 1. The van der Waals surface area contributed by atoms with Crippen LogP contribution in [0.5, 0.6) is 5.75 Å². The van der Waals surface area contributed by atoms with Gasteiger partial charge in [0, 0.05) is 19.6 Å². The van der Waals surface area contributed by atoms with Crippen molar-refractivity contribution in [1.82, 2.24) is 10.2 Å². The average molecular weight is 220 g/mol. The minimum absolute atomic E-state index is 0.0443. The highest BCUT2D eigenvalue weighted by Crippen LogP contribution is 2.13. The fourth-order valence-electron chi connectivity index (χ4n) is 1.82. The Morgan fingerprint density at radius 1 is 1.50 bits per heavy atom. The van der Waals surface area contributed by atoms with Crippen LogP contribution in [0.15, 0.2) is 24.3 Å². The van der Waals surface area contributed by atoms with Crippen LogP contribution in [-0.4, -0.2) is 37.7 Å². The number of urea groups is 1. The molecule has 0 bridgehead atoms. The zero-order valence-corrected chi connectivity index (χ0v) is 9.40. The van der Waals surface area contributed by atoms with E-state index in [1.54, 1.807) is 7.11 Å². The van der Waals surface area contributed by atoms with E-state index in [-0.39, 0.29) is 6.03 Å². The van der Waals surface area contributed by atoms with Gasteiger partial charge in [0.25, 0.3) is 0 Å². The van der Waals surface area contributed by atoms with Gasteiger partial charge < -0.3 is 15.0 Å². The summed E-state index contributed by atoms with van der Waals surface area (Å²) in [6.07, 6.45) is 0.866. The van der Waals surface area contributed by atoms with Crippen LogP contribution < -0.4 is 10.1 Å². The standard InChI is InChI=1S/C12H16N2O2/c1-16-11-4-2-3-10(9-11)5-7-14-8-6-13-12(14)15/h2-4,9H,5-8H2,1H3,(H,13,15). The number of hydrogen-bond donors (Lipinski definition) is 1. The molecule has 0 unspecified atom stereocenters. The van der Waals surface area contributed by atoms with Gasteiger partial charge in [-0.2, -0.15) is 0 Å². The normalized spacial score (nSPS) is 15.1. The number of carbonyl (C=O) groups is 1. The summed E-state index contributed by atoms with van der Waals surface area (Å²) in [7, 11) is 1.66. The van der Waals surface area contributed by atoms with Crippen LogP contribution >= 0.6 is 0 Å². The molecule has 0 spiro atoms. The van der Waals surface area contributed by atoms with Gasteiger partial charge >= 0.3 is 6.03 Å². The fraction of sp³-hybridized carbons (Fsp3) is 0.417. The lowest BCUT2D eigenvalue weighted by atomic mass is 10.1. The molecule has 1 heterocycles. The first-order chi connectivity index (χ1) is 7.79. The summed E-state index contributed by atoms with van der Waals surface area (Å²) in [6.45, 7) is 2.33. The first kappa shape index (κ1) is 10.8. The van der Waals surface area contributed by atoms with E-state index >= 15 is 0 Å². The molecule has 1 aliphatic rings. The van der Waals surface area contributed by atoms with Crippen molar-refractivity contribution < 1.29 is 9.53 Å². The maximum atomic E-state index is 11.3. The average Bonchev–Trinajstić information content (AvgIpc) is 2.72. The summed E-state index contributed by atoms with van der Waals surface area (Å²) >= 11 is 0. The van der Waals surface area contributed by atoms with Gasteiger partial charge in [-0.3, -0.25) is 0 Å². The first-order valence-electron chi connectivity index (χ1n) is 5.45. The van der Waals surface area contributed by atoms with Crippen LogP contribution in [0.3, 0.4) is 0 Å². The number of nitrogens with zero attached hydrogens (tertiary/aromatic N) is 1. The summed E-state index contributed by atoms with van der Waals surface area (Å²) in [4.78, 5) is 13.1. The summed E-state index contributed by atoms with van der Waals surface area (Å²) in [5.74, 6) is 0.864. The van der Waals surface area contributed by atoms with Crippen molar-refractivity contribution in [3.8, 4) is 5.75 Å². The molecule has 0 radical (unpaired) electrons. The van der Waals surface area contributed by atoms with Crippen molar-refractivity contribution in [1.29, 1.82) is 0 Å². The Morgan fingerprint density at radius 2 is 2.38 bits per heavy atom. The first-order valence-corrected chi connectivity index (χ1v) is 5.45. The molecule has 0 aromatic heterocycles. The highest BCUT2D eigenvalue weighted by Gasteiger charge is 2.18. The van der Waals surface area contributed by atoms with Crippen LogP contribution in [0.1, 0.15) is 5.56 Å². The number of ether oxygens (including phenoxy) is 1. The molecule has 4 heteroatoms. The molecule has 4 nitrogen and oxygen atoms in total. The van der Waals surface area contributed by atoms with E-state index in [2.05, 4.69) is 11.4 Å². The van der Waals surface area contributed by atoms with E-state index in [4.69, 9.17) is 4.74 Å². The molecular formula is C12H16N2O2. The van der Waals surface area contributed by atoms with Gasteiger partial charge in [0.15, 0.2) is 0 Å². The Kier molecular flexibility index (Phi) is 3.29. The number of methoxy groups -OCH3 is 1. The lowest BCUT2D eigenvalue weighted by Crippen LogP contribution is -2.29. The molecule has 16 heavy (non-hydrogen) atoms. The Morgan fingerprint density at radius 3 is 3.06 bits per heavy atom. The predicted octanol–water partition coefficient (Wildman–Crippen LogP) is 1.26. The lowest BCUT2D eigenvalue weighted by molar-refractivity contribution is 0.218. The highest BCUT2D eigenvalue weighted by molar-refractivity contribution is 5.76. The molecule has 1 aromatic rings. The molecule has 1 aromatic carbocycles. The van der Waals surface area contributed by atoms with E-state index in [0.717, 1.165) is 31.8 Å². The second-order valence-electron chi connectivity index (χ2n) is 3.82. The third-order valence-electron chi connectivity index (χ3n) is 2.75. The van der Waals surface area contributed by atoms with E-state index in [1.165, 1.54) is 5.56 Å². The number of nitrogens with one attached hydrogen (secondary N) is 1. The van der Waals surface area contributed by atoms with Gasteiger partial charge in [0.2, 0.25) is 0 Å². The Hall–Kier alpha value is -1.71. The fourth-order valence-corrected chi connectivity index (χ4v) is 1.82. The minimum Gasteiger partial charge on any atom is -0.497 e. The second kappa shape index (κ2) is 4.88. The van der Waals surface area contributed by atoms with Gasteiger partial charge in [-0.15, -0.1) is 0 Å². The van der Waals surface area contributed by atoms with Crippen LogP contribution in [0, 0.1) is 0 Å². The zero-order valence-electron chi connectivity index (χ0n) is 9.40. The Balaban J connectivity index is 1.91. The third kappa shape index (κ3) is 2.45. The molecule has 2 rings (SSSR count). The summed E-state index contributed by atoms with van der Waals surface area (Å²) in [5.41, 5.74) is 1.19. The molecule has 1 N–H and O–H groups in total. The summed E-state index contributed by atoms with van der Waals surface area (Å²) < 4.78 is 5.15. The Labute approximate surface area is 95.2 Å². The summed E-state index contributed by atoms with van der Waals surface area (Å²) in [6, 6.07) is 8.00. The van der Waals surface area contributed by atoms with Crippen molar-refractivity contribution in [3.63, 3.8) is 0 Å². The predicted molar refractivity (Wildman–Crippen MR) is 61.7 cm³/mol. The maximum Gasteiger partial charge on any atom is 0.317 e. The quantitative estimate of drug-likeness (QED) is 0.830. The zero-order chi connectivity index (χ0) is 11.4. The van der Waals surface area contributed by atoms with Crippen molar-refractivity contribution in [3.05, 3.63) is 29.8 Å². The smallest absolute Gasteiger partial charge is 0.317 e. The molecule has 2 amide bonds. The van der Waals surface area contributed by atoms with Crippen LogP contribution in [0.2, 0.25) is 0 Å². The summed E-state index contributed by atoms with van der Waals surface area (Å²) in [5, 5.41) is 2.79. The van der Waals surface area contributed by atoms with Crippen molar-refractivity contribution in [2.45, 2.75) is 6.42 Å². The van der Waals surface area contributed by atoms with Crippen LogP contribution in [0.4, 0.5) is 4.79 Å². The molecule has 0 aliphatic carbocycles. The topological polar surface area (TPSA) is 41.6 Å². The molecule has 86 valence electrons. The van der Waals surface area contributed by atoms with Gasteiger partial charge in [-0.05, 0) is 24.1 Å². The molecule has 1 aliphatic heterocycles.